The Balaban J connectivity index is 1.52. The van der Waals surface area contributed by atoms with Crippen LogP contribution in [0.1, 0.15) is 99.2 Å². The average Bonchev–Trinajstić information content (AvgIpc) is 3.61. The van der Waals surface area contributed by atoms with E-state index in [4.69, 9.17) is 13.9 Å². The molecule has 0 spiro atoms. The van der Waals surface area contributed by atoms with Gasteiger partial charge in [0.25, 0.3) is 0 Å². The van der Waals surface area contributed by atoms with Gasteiger partial charge in [-0.3, -0.25) is 4.79 Å². The van der Waals surface area contributed by atoms with E-state index < -0.39 is 36.5 Å². The summed E-state index contributed by atoms with van der Waals surface area (Å²) in [7, 11) is 0. The Hall–Kier alpha value is -2.84. The lowest BCUT2D eigenvalue weighted by molar-refractivity contribution is -0.274. The Morgan fingerprint density at radius 1 is 0.902 bits per heavy atom. The van der Waals surface area contributed by atoms with Gasteiger partial charge >= 0.3 is 12.3 Å². The first-order chi connectivity index (χ1) is 23.7. The smallest absolute Gasteiger partial charge is 0.491 e. The van der Waals surface area contributed by atoms with E-state index in [2.05, 4.69) is 25.5 Å². The van der Waals surface area contributed by atoms with Gasteiger partial charge in [-0.1, -0.05) is 61.3 Å². The Labute approximate surface area is 302 Å². The number of thiophene rings is 1. The fourth-order valence-corrected chi connectivity index (χ4v) is 6.73. The van der Waals surface area contributed by atoms with Crippen molar-refractivity contribution >= 4 is 27.4 Å². The van der Waals surface area contributed by atoms with Gasteiger partial charge in [0.2, 0.25) is 0 Å². The van der Waals surface area contributed by atoms with E-state index in [1.54, 1.807) is 24.3 Å². The number of alkyl halides is 3. The van der Waals surface area contributed by atoms with Gasteiger partial charge in [0, 0.05) is 23.6 Å². The summed E-state index contributed by atoms with van der Waals surface area (Å²) >= 11 is 1.19. The van der Waals surface area contributed by atoms with Crippen LogP contribution in [0.25, 0.3) is 20.7 Å². The molecule has 288 valence electrons. The third kappa shape index (κ3) is 13.9. The van der Waals surface area contributed by atoms with Crippen LogP contribution in [0.5, 0.6) is 11.5 Å². The molecule has 13 heteroatoms. The lowest BCUT2D eigenvalue weighted by atomic mass is 9.72. The van der Waals surface area contributed by atoms with Crippen LogP contribution in [0, 0.1) is 16.7 Å². The number of halogens is 3. The molecule has 5 unspecified atom stereocenters. The predicted octanol–water partition coefficient (Wildman–Crippen LogP) is 8.43. The van der Waals surface area contributed by atoms with Crippen molar-refractivity contribution in [2.75, 3.05) is 13.2 Å². The number of aliphatic hydroxyl groups is 4. The van der Waals surface area contributed by atoms with Crippen LogP contribution >= 0.6 is 11.3 Å². The van der Waals surface area contributed by atoms with Gasteiger partial charge in [-0.15, -0.1) is 24.5 Å². The van der Waals surface area contributed by atoms with Gasteiger partial charge in [0.1, 0.15) is 24.2 Å². The zero-order chi connectivity index (χ0) is 38.1. The first-order valence-electron chi connectivity index (χ1n) is 17.6. The quantitative estimate of drug-likeness (QED) is 0.0704. The molecule has 51 heavy (non-hydrogen) atoms. The molecular weight excluding hydrogens is 689 g/mol. The van der Waals surface area contributed by atoms with Crippen LogP contribution in [0.15, 0.2) is 34.7 Å². The fraction of sp³-hybridized carbons (Fsp3) is 0.658. The molecule has 0 aliphatic rings. The number of esters is 1. The van der Waals surface area contributed by atoms with E-state index in [0.717, 1.165) is 24.6 Å². The van der Waals surface area contributed by atoms with E-state index in [0.29, 0.717) is 40.3 Å². The van der Waals surface area contributed by atoms with Gasteiger partial charge in [0.15, 0.2) is 11.5 Å². The van der Waals surface area contributed by atoms with E-state index in [-0.39, 0.29) is 54.5 Å². The van der Waals surface area contributed by atoms with Gasteiger partial charge in [-0.25, -0.2) is 0 Å². The highest BCUT2D eigenvalue weighted by Crippen LogP contribution is 2.43. The molecule has 9 nitrogen and oxygen atoms in total. The van der Waals surface area contributed by atoms with Gasteiger partial charge in [-0.2, -0.15) is 0 Å². The summed E-state index contributed by atoms with van der Waals surface area (Å²) in [5.74, 6) is -0.231. The summed E-state index contributed by atoms with van der Waals surface area (Å²) in [4.78, 5) is 13.2. The Kier molecular flexibility index (Phi) is 15.3. The van der Waals surface area contributed by atoms with Crippen LogP contribution < -0.4 is 9.47 Å². The lowest BCUT2D eigenvalue weighted by Crippen LogP contribution is -2.38. The molecule has 0 aliphatic heterocycles. The molecule has 3 rings (SSSR count). The minimum atomic E-state index is -4.88. The summed E-state index contributed by atoms with van der Waals surface area (Å²) in [6.07, 6.45) is -6.31. The Morgan fingerprint density at radius 3 is 2.22 bits per heavy atom. The van der Waals surface area contributed by atoms with Crippen molar-refractivity contribution in [1.29, 1.82) is 0 Å². The number of aryl methyl sites for hydroxylation is 1. The second-order valence-electron chi connectivity index (χ2n) is 15.5. The summed E-state index contributed by atoms with van der Waals surface area (Å²) in [6, 6.07) is 7.99. The molecular formula is C38H55F3O9S. The number of hydrogen-bond acceptors (Lipinski definition) is 10. The molecule has 0 fully saturated rings. The molecule has 2 heterocycles. The third-order valence-electron chi connectivity index (χ3n) is 8.54. The maximum atomic E-state index is 13.1. The second kappa shape index (κ2) is 18.3. The topological polar surface area (TPSA) is 139 Å². The highest BCUT2D eigenvalue weighted by molar-refractivity contribution is 7.22. The molecule has 2 aromatic heterocycles. The third-order valence-corrected chi connectivity index (χ3v) is 9.64. The maximum Gasteiger partial charge on any atom is 0.573 e. The number of furan rings is 1. The number of hydrogen-bond donors (Lipinski definition) is 4. The van der Waals surface area contributed by atoms with E-state index in [1.165, 1.54) is 17.4 Å². The first kappa shape index (κ1) is 42.6. The van der Waals surface area contributed by atoms with E-state index in [1.807, 2.05) is 27.7 Å². The highest BCUT2D eigenvalue weighted by atomic mass is 32.1. The molecule has 0 saturated heterocycles. The molecule has 5 atom stereocenters. The minimum Gasteiger partial charge on any atom is -0.491 e. The number of benzene rings is 1. The summed E-state index contributed by atoms with van der Waals surface area (Å²) < 4.78 is 61.4. The number of fused-ring (bicyclic) bond motifs is 1. The van der Waals surface area contributed by atoms with Crippen LogP contribution in [-0.2, 0) is 16.0 Å². The normalized spacial score (nSPS) is 15.7. The van der Waals surface area contributed by atoms with Crippen molar-refractivity contribution in [2.24, 2.45) is 16.7 Å². The largest absolute Gasteiger partial charge is 0.573 e. The molecule has 0 saturated carbocycles. The number of unbranched alkanes of at least 4 members (excludes halogenated alkanes) is 2. The standard InChI is InChI=1S/C38H55F3O9S/c1-8-9-10-12-25-18-31(50-38(39,40)41)34(49-25)33-17-23-14-15-24(19-32(23)51-33)48-22-30(45)29(44)20-28(43)27(42)13-11-16-47-35(46)26(37(5,6)7)21-36(2,3)4/h14-15,17-19,26-30,42-45H,8-13,16,20-22H2,1-7H3. The molecule has 0 aliphatic carbocycles. The Morgan fingerprint density at radius 2 is 1.59 bits per heavy atom. The number of carbonyl (C=O) groups is 1. The van der Waals surface area contributed by atoms with Gasteiger partial charge in [0.05, 0.1) is 35.7 Å². The number of aliphatic hydroxyl groups excluding tert-OH is 4. The fourth-order valence-electron chi connectivity index (χ4n) is 5.65. The molecule has 0 amide bonds. The van der Waals surface area contributed by atoms with E-state index in [9.17, 15) is 38.4 Å². The average molecular weight is 745 g/mol. The maximum absolute atomic E-state index is 13.1. The van der Waals surface area contributed by atoms with Crippen molar-refractivity contribution in [2.45, 2.75) is 131 Å². The van der Waals surface area contributed by atoms with Crippen LogP contribution in [0.2, 0.25) is 0 Å². The lowest BCUT2D eigenvalue weighted by Gasteiger charge is -2.33. The van der Waals surface area contributed by atoms with Crippen LogP contribution in [0.4, 0.5) is 13.2 Å². The first-order valence-corrected chi connectivity index (χ1v) is 18.4. The molecule has 1 aromatic carbocycles. The number of carbonyl (C=O) groups excluding carboxylic acids is 1. The summed E-state index contributed by atoms with van der Waals surface area (Å²) in [6.45, 7) is 14.0. The summed E-state index contributed by atoms with van der Waals surface area (Å²) in [5.41, 5.74) is -0.331. The van der Waals surface area contributed by atoms with Crippen LogP contribution in [-0.4, -0.2) is 70.4 Å². The van der Waals surface area contributed by atoms with Crippen LogP contribution in [0.3, 0.4) is 0 Å². The van der Waals surface area contributed by atoms with Crippen molar-refractivity contribution < 1.29 is 57.0 Å². The zero-order valence-corrected chi connectivity index (χ0v) is 31.5. The number of rotatable bonds is 19. The Bertz CT molecular complexity index is 1520. The molecule has 0 radical (unpaired) electrons. The van der Waals surface area contributed by atoms with Gasteiger partial charge in [-0.05, 0) is 66.2 Å². The van der Waals surface area contributed by atoms with Gasteiger partial charge < -0.3 is 39.1 Å². The number of ether oxygens (including phenoxy) is 3. The van der Waals surface area contributed by atoms with Crippen molar-refractivity contribution in [3.8, 4) is 22.1 Å². The minimum absolute atomic E-state index is 0.00642. The van der Waals surface area contributed by atoms with Crippen molar-refractivity contribution in [3.63, 3.8) is 0 Å². The second-order valence-corrected chi connectivity index (χ2v) is 16.6. The van der Waals surface area contributed by atoms with Crippen molar-refractivity contribution in [3.05, 3.63) is 36.1 Å². The monoisotopic (exact) mass is 744 g/mol. The molecule has 3 aromatic rings. The SMILES string of the molecule is CCCCCc1cc(OC(F)(F)F)c(-c2cc3ccc(OCC(O)C(O)CC(O)C(O)CCCOC(=O)C(CC(C)(C)C)C(C)(C)C)cc3s2)o1. The predicted molar refractivity (Wildman–Crippen MR) is 191 cm³/mol. The highest BCUT2D eigenvalue weighted by Gasteiger charge is 2.36. The van der Waals surface area contributed by atoms with E-state index >= 15 is 0 Å². The molecule has 4 N–H and O–H groups in total. The van der Waals surface area contributed by atoms with Crippen molar-refractivity contribution in [1.82, 2.24) is 0 Å². The zero-order valence-electron chi connectivity index (χ0n) is 30.7. The summed E-state index contributed by atoms with van der Waals surface area (Å²) in [5, 5.41) is 42.6. The molecule has 0 bridgehead atoms.